The molecule has 1 aromatic heterocycles. The predicted octanol–water partition coefficient (Wildman–Crippen LogP) is 1.80. The lowest BCUT2D eigenvalue weighted by molar-refractivity contribution is -0.142. The van der Waals surface area contributed by atoms with Gasteiger partial charge in [0.25, 0.3) is 0 Å². The Morgan fingerprint density at radius 1 is 1.56 bits per heavy atom. The van der Waals surface area contributed by atoms with Gasteiger partial charge in [-0.2, -0.15) is 0 Å². The monoisotopic (exact) mass is 361 g/mol. The highest BCUT2D eigenvalue weighted by Gasteiger charge is 2.34. The Morgan fingerprint density at radius 2 is 2.22 bits per heavy atom. The molecule has 0 amide bonds. The minimum atomic E-state index is -0.724. The summed E-state index contributed by atoms with van der Waals surface area (Å²) >= 11 is 2.26. The van der Waals surface area contributed by atoms with Gasteiger partial charge >= 0.3 is 5.97 Å². The van der Waals surface area contributed by atoms with E-state index in [4.69, 9.17) is 5.11 Å². The molecule has 2 rings (SSSR count). The van der Waals surface area contributed by atoms with Crippen LogP contribution in [-0.4, -0.2) is 34.1 Å². The molecule has 1 fully saturated rings. The maximum absolute atomic E-state index is 10.8. The zero-order valence-corrected chi connectivity index (χ0v) is 12.6. The molecule has 2 heterocycles. The molecule has 1 aliphatic rings. The highest BCUT2D eigenvalue weighted by atomic mass is 127. The van der Waals surface area contributed by atoms with Crippen LogP contribution in [0, 0.1) is 15.4 Å². The third-order valence-corrected chi connectivity index (χ3v) is 4.08. The minimum Gasteiger partial charge on any atom is -0.481 e. The molecular weight excluding hydrogens is 345 g/mol. The van der Waals surface area contributed by atoms with Crippen LogP contribution in [0.4, 0.5) is 5.82 Å². The molecule has 5 nitrogen and oxygen atoms in total. The molecule has 1 aromatic rings. The highest BCUT2D eigenvalue weighted by Crippen LogP contribution is 2.29. The average molecular weight is 361 g/mol. The second-order valence-electron chi connectivity index (χ2n) is 5.00. The number of rotatable bonds is 4. The number of carboxylic acids is 1. The number of anilines is 1. The lowest BCUT2D eigenvalue weighted by Gasteiger charge is -2.38. The molecule has 0 saturated carbocycles. The van der Waals surface area contributed by atoms with Crippen molar-refractivity contribution < 1.29 is 9.90 Å². The first-order valence-electron chi connectivity index (χ1n) is 5.96. The molecule has 0 unspecified atom stereocenters. The van der Waals surface area contributed by atoms with Crippen LogP contribution in [0.15, 0.2) is 6.33 Å². The molecule has 0 aromatic carbocycles. The van der Waals surface area contributed by atoms with Crippen LogP contribution in [0.3, 0.4) is 0 Å². The molecule has 0 atom stereocenters. The number of carbonyl (C=O) groups is 1. The van der Waals surface area contributed by atoms with E-state index in [0.717, 1.165) is 21.5 Å². The lowest BCUT2D eigenvalue weighted by Crippen LogP contribution is -2.51. The van der Waals surface area contributed by atoms with Crippen molar-refractivity contribution in [1.29, 1.82) is 0 Å². The maximum atomic E-state index is 10.8. The molecule has 98 valence electrons. The normalized spacial score (nSPS) is 15.9. The third-order valence-electron chi connectivity index (χ3n) is 2.98. The molecule has 0 aliphatic carbocycles. The van der Waals surface area contributed by atoms with Gasteiger partial charge < -0.3 is 10.0 Å². The Labute approximate surface area is 120 Å². The minimum absolute atomic E-state index is 0.260. The first kappa shape index (κ1) is 13.5. The van der Waals surface area contributed by atoms with Crippen molar-refractivity contribution in [2.75, 3.05) is 18.0 Å². The molecule has 6 heteroatoms. The summed E-state index contributed by atoms with van der Waals surface area (Å²) in [5.41, 5.74) is 1.05. The van der Waals surface area contributed by atoms with E-state index in [9.17, 15) is 4.79 Å². The van der Waals surface area contributed by atoms with Crippen molar-refractivity contribution in [3.63, 3.8) is 0 Å². The largest absolute Gasteiger partial charge is 0.481 e. The number of aliphatic carboxylic acids is 1. The molecule has 18 heavy (non-hydrogen) atoms. The van der Waals surface area contributed by atoms with Crippen molar-refractivity contribution >= 4 is 34.4 Å². The Balaban J connectivity index is 2.13. The fourth-order valence-electron chi connectivity index (χ4n) is 1.95. The van der Waals surface area contributed by atoms with Gasteiger partial charge in [0.1, 0.15) is 12.1 Å². The number of hydrogen-bond donors (Lipinski definition) is 1. The second kappa shape index (κ2) is 5.38. The van der Waals surface area contributed by atoms with Gasteiger partial charge in [-0.1, -0.05) is 13.8 Å². The molecule has 1 aliphatic heterocycles. The zero-order chi connectivity index (χ0) is 13.3. The van der Waals surface area contributed by atoms with E-state index in [1.165, 1.54) is 0 Å². The highest BCUT2D eigenvalue weighted by molar-refractivity contribution is 14.1. The standard InChI is InChI=1S/C12H16IN3O2/c1-7(2)3-9-10(13)11(15-6-14-9)16-4-8(5-16)12(17)18/h6-8H,3-5H2,1-2H3,(H,17,18). The average Bonchev–Trinajstić information content (AvgIpc) is 2.20. The van der Waals surface area contributed by atoms with E-state index in [1.54, 1.807) is 6.33 Å². The molecule has 1 N–H and O–H groups in total. The maximum Gasteiger partial charge on any atom is 0.310 e. The fraction of sp³-hybridized carbons (Fsp3) is 0.583. The summed E-state index contributed by atoms with van der Waals surface area (Å²) in [6.07, 6.45) is 2.49. The lowest BCUT2D eigenvalue weighted by atomic mass is 10.0. The van der Waals surface area contributed by atoms with Crippen LogP contribution in [0.25, 0.3) is 0 Å². The summed E-state index contributed by atoms with van der Waals surface area (Å²) in [4.78, 5) is 21.4. The summed E-state index contributed by atoms with van der Waals surface area (Å²) in [6.45, 7) is 5.40. The van der Waals surface area contributed by atoms with E-state index in [2.05, 4.69) is 46.4 Å². The van der Waals surface area contributed by atoms with Crippen molar-refractivity contribution in [2.24, 2.45) is 11.8 Å². The first-order chi connectivity index (χ1) is 8.49. The fourth-order valence-corrected chi connectivity index (χ4v) is 2.79. The van der Waals surface area contributed by atoms with Gasteiger partial charge in [-0.25, -0.2) is 9.97 Å². The van der Waals surface area contributed by atoms with E-state index in [-0.39, 0.29) is 5.92 Å². The predicted molar refractivity (Wildman–Crippen MR) is 76.6 cm³/mol. The summed E-state index contributed by atoms with van der Waals surface area (Å²) in [5.74, 6) is 0.435. The van der Waals surface area contributed by atoms with Gasteiger partial charge in [-0.05, 0) is 34.9 Å². The van der Waals surface area contributed by atoms with Crippen LogP contribution >= 0.6 is 22.6 Å². The summed E-state index contributed by atoms with van der Waals surface area (Å²) in [6, 6.07) is 0. The van der Waals surface area contributed by atoms with Crippen LogP contribution in [0.1, 0.15) is 19.5 Å². The quantitative estimate of drug-likeness (QED) is 0.829. The van der Waals surface area contributed by atoms with Gasteiger partial charge in [-0.15, -0.1) is 0 Å². The van der Waals surface area contributed by atoms with Gasteiger partial charge in [0.15, 0.2) is 0 Å². The van der Waals surface area contributed by atoms with E-state index >= 15 is 0 Å². The Kier molecular flexibility index (Phi) is 4.04. The first-order valence-corrected chi connectivity index (χ1v) is 7.04. The zero-order valence-electron chi connectivity index (χ0n) is 10.4. The Bertz CT molecular complexity index is 459. The van der Waals surface area contributed by atoms with E-state index in [1.807, 2.05) is 4.90 Å². The van der Waals surface area contributed by atoms with E-state index in [0.29, 0.717) is 19.0 Å². The molecule has 1 saturated heterocycles. The van der Waals surface area contributed by atoms with Gasteiger partial charge in [-0.3, -0.25) is 4.79 Å². The van der Waals surface area contributed by atoms with Crippen molar-refractivity contribution in [3.8, 4) is 0 Å². The molecular formula is C12H16IN3O2. The van der Waals surface area contributed by atoms with Gasteiger partial charge in [0.05, 0.1) is 15.2 Å². The molecule has 0 spiro atoms. The number of nitrogens with zero attached hydrogens (tertiary/aromatic N) is 3. The topological polar surface area (TPSA) is 66.3 Å². The SMILES string of the molecule is CC(C)Cc1ncnc(N2CC(C(=O)O)C2)c1I. The van der Waals surface area contributed by atoms with Crippen LogP contribution in [0.2, 0.25) is 0 Å². The summed E-state index contributed by atoms with van der Waals surface area (Å²) in [5, 5.41) is 8.88. The van der Waals surface area contributed by atoms with E-state index < -0.39 is 5.97 Å². The Hall–Kier alpha value is -0.920. The van der Waals surface area contributed by atoms with Gasteiger partial charge in [0.2, 0.25) is 0 Å². The van der Waals surface area contributed by atoms with Crippen LogP contribution in [0.5, 0.6) is 0 Å². The number of hydrogen-bond acceptors (Lipinski definition) is 4. The van der Waals surface area contributed by atoms with Crippen molar-refractivity contribution in [2.45, 2.75) is 20.3 Å². The van der Waals surface area contributed by atoms with Gasteiger partial charge in [0, 0.05) is 13.1 Å². The van der Waals surface area contributed by atoms with Crippen molar-refractivity contribution in [3.05, 3.63) is 15.6 Å². The van der Waals surface area contributed by atoms with Crippen molar-refractivity contribution in [1.82, 2.24) is 9.97 Å². The second-order valence-corrected chi connectivity index (χ2v) is 6.07. The number of carboxylic acid groups (broad SMARTS) is 1. The molecule has 0 bridgehead atoms. The third kappa shape index (κ3) is 2.73. The van der Waals surface area contributed by atoms with Crippen LogP contribution < -0.4 is 4.90 Å². The molecule has 0 radical (unpaired) electrons. The number of aromatic nitrogens is 2. The smallest absolute Gasteiger partial charge is 0.310 e. The van der Waals surface area contributed by atoms with Crippen LogP contribution in [-0.2, 0) is 11.2 Å². The Morgan fingerprint density at radius 3 is 2.78 bits per heavy atom. The summed E-state index contributed by atoms with van der Waals surface area (Å²) < 4.78 is 1.05. The summed E-state index contributed by atoms with van der Waals surface area (Å²) in [7, 11) is 0. The number of halogens is 1.